The summed E-state index contributed by atoms with van der Waals surface area (Å²) in [4.78, 5) is 31.0. The molecule has 5 nitrogen and oxygen atoms in total. The second kappa shape index (κ2) is 9.25. The zero-order valence-corrected chi connectivity index (χ0v) is 16.8. The number of carbonyl (C=O) groups excluding carboxylic acids is 2. The minimum atomic E-state index is 0.110. The van der Waals surface area contributed by atoms with Crippen LogP contribution in [0.4, 0.5) is 5.69 Å². The lowest BCUT2D eigenvalue weighted by molar-refractivity contribution is -0.135. The largest absolute Gasteiger partial charge is 0.368 e. The molecular formula is C22H33N3O2. The highest BCUT2D eigenvalue weighted by atomic mass is 16.2. The molecule has 0 atom stereocenters. The number of piperazine rings is 1. The monoisotopic (exact) mass is 371 g/mol. The topological polar surface area (TPSA) is 43.9 Å². The van der Waals surface area contributed by atoms with Crippen LogP contribution < -0.4 is 4.90 Å². The molecule has 0 bridgehead atoms. The van der Waals surface area contributed by atoms with E-state index < -0.39 is 0 Å². The number of hydrogen-bond donors (Lipinski definition) is 0. The van der Waals surface area contributed by atoms with Crippen LogP contribution in [0.3, 0.4) is 0 Å². The summed E-state index contributed by atoms with van der Waals surface area (Å²) in [6.45, 7) is 7.57. The van der Waals surface area contributed by atoms with Gasteiger partial charge in [-0.15, -0.1) is 0 Å². The van der Waals surface area contributed by atoms with Crippen molar-refractivity contribution in [2.45, 2.75) is 58.4 Å². The number of carbonyl (C=O) groups is 2. The van der Waals surface area contributed by atoms with E-state index in [0.29, 0.717) is 19.0 Å². The Kier molecular flexibility index (Phi) is 6.75. The van der Waals surface area contributed by atoms with Crippen LogP contribution in [0.15, 0.2) is 24.3 Å². The quantitative estimate of drug-likeness (QED) is 0.798. The third-order valence-corrected chi connectivity index (χ3v) is 5.99. The van der Waals surface area contributed by atoms with Gasteiger partial charge >= 0.3 is 0 Å². The van der Waals surface area contributed by atoms with Gasteiger partial charge in [0.1, 0.15) is 0 Å². The predicted molar refractivity (Wildman–Crippen MR) is 109 cm³/mol. The van der Waals surface area contributed by atoms with Crippen molar-refractivity contribution in [3.8, 4) is 0 Å². The van der Waals surface area contributed by atoms with Crippen LogP contribution in [0.25, 0.3) is 0 Å². The van der Waals surface area contributed by atoms with Gasteiger partial charge in [0, 0.05) is 57.8 Å². The van der Waals surface area contributed by atoms with E-state index in [1.54, 1.807) is 6.92 Å². The summed E-state index contributed by atoms with van der Waals surface area (Å²) in [6, 6.07) is 8.87. The summed E-state index contributed by atoms with van der Waals surface area (Å²) in [5, 5.41) is 0. The van der Waals surface area contributed by atoms with Crippen molar-refractivity contribution in [2.75, 3.05) is 37.6 Å². The highest BCUT2D eigenvalue weighted by molar-refractivity contribution is 5.78. The zero-order valence-electron chi connectivity index (χ0n) is 16.8. The molecule has 1 aromatic rings. The molecule has 2 amide bonds. The average molecular weight is 372 g/mol. The number of nitrogens with zero attached hydrogens (tertiary/aromatic N) is 3. The normalized spacial score (nSPS) is 18.4. The van der Waals surface area contributed by atoms with E-state index in [-0.39, 0.29) is 11.8 Å². The van der Waals surface area contributed by atoms with E-state index >= 15 is 0 Å². The molecule has 1 aromatic carbocycles. The molecule has 0 aromatic heterocycles. The molecule has 3 rings (SSSR count). The van der Waals surface area contributed by atoms with Gasteiger partial charge in [-0.1, -0.05) is 31.4 Å². The van der Waals surface area contributed by atoms with Crippen LogP contribution in [0.2, 0.25) is 0 Å². The van der Waals surface area contributed by atoms with Crippen LogP contribution in [-0.2, 0) is 9.59 Å². The van der Waals surface area contributed by atoms with Crippen LogP contribution in [0, 0.1) is 6.92 Å². The Bertz CT molecular complexity index is 647. The second-order valence-corrected chi connectivity index (χ2v) is 7.96. The van der Waals surface area contributed by atoms with Gasteiger partial charge in [0.2, 0.25) is 11.8 Å². The van der Waals surface area contributed by atoms with Gasteiger partial charge in [0.15, 0.2) is 0 Å². The molecule has 0 radical (unpaired) electrons. The molecule has 0 spiro atoms. The molecule has 0 N–H and O–H groups in total. The Morgan fingerprint density at radius 2 is 1.78 bits per heavy atom. The number of anilines is 1. The lowest BCUT2D eigenvalue weighted by Crippen LogP contribution is -2.50. The van der Waals surface area contributed by atoms with E-state index in [4.69, 9.17) is 0 Å². The molecule has 148 valence electrons. The first-order valence-corrected chi connectivity index (χ1v) is 10.4. The summed E-state index contributed by atoms with van der Waals surface area (Å²) < 4.78 is 0. The fourth-order valence-corrected chi connectivity index (χ4v) is 4.40. The molecule has 1 saturated heterocycles. The average Bonchev–Trinajstić information content (AvgIpc) is 2.69. The molecule has 2 aliphatic rings. The van der Waals surface area contributed by atoms with Crippen molar-refractivity contribution in [2.24, 2.45) is 0 Å². The van der Waals surface area contributed by atoms with Gasteiger partial charge < -0.3 is 14.7 Å². The molecule has 1 aliphatic carbocycles. The van der Waals surface area contributed by atoms with E-state index in [1.807, 2.05) is 9.80 Å². The number of rotatable bonds is 5. The molecule has 1 heterocycles. The van der Waals surface area contributed by atoms with E-state index in [9.17, 15) is 9.59 Å². The molecule has 27 heavy (non-hydrogen) atoms. The van der Waals surface area contributed by atoms with Gasteiger partial charge in [-0.2, -0.15) is 0 Å². The first-order valence-electron chi connectivity index (χ1n) is 10.4. The standard InChI is InChI=1S/C22H33N3O2/c1-18-7-6-10-21(17-18)23-13-15-24(16-14-23)22(27)11-12-25(19(2)26)20-8-4-3-5-9-20/h6-7,10,17,20H,3-5,8-9,11-16H2,1-2H3. The molecule has 1 aliphatic heterocycles. The Morgan fingerprint density at radius 1 is 1.07 bits per heavy atom. The van der Waals surface area contributed by atoms with Crippen molar-refractivity contribution < 1.29 is 9.59 Å². The predicted octanol–water partition coefficient (Wildman–Crippen LogP) is 3.21. The maximum absolute atomic E-state index is 12.7. The second-order valence-electron chi connectivity index (χ2n) is 7.96. The van der Waals surface area contributed by atoms with Crippen LogP contribution in [-0.4, -0.2) is 60.4 Å². The fraction of sp³-hybridized carbons (Fsp3) is 0.636. The lowest BCUT2D eigenvalue weighted by atomic mass is 9.94. The van der Waals surface area contributed by atoms with Crippen LogP contribution in [0.1, 0.15) is 51.0 Å². The summed E-state index contributed by atoms with van der Waals surface area (Å²) >= 11 is 0. The highest BCUT2D eigenvalue weighted by Gasteiger charge is 2.26. The minimum absolute atomic E-state index is 0.110. The molecule has 5 heteroatoms. The molecule has 2 fully saturated rings. The van der Waals surface area contributed by atoms with Gasteiger partial charge in [0.05, 0.1) is 0 Å². The maximum atomic E-state index is 12.7. The van der Waals surface area contributed by atoms with E-state index in [0.717, 1.165) is 39.0 Å². The smallest absolute Gasteiger partial charge is 0.224 e. The first kappa shape index (κ1) is 19.7. The fourth-order valence-electron chi connectivity index (χ4n) is 4.40. The number of hydrogen-bond acceptors (Lipinski definition) is 3. The first-order chi connectivity index (χ1) is 13.0. The summed E-state index contributed by atoms with van der Waals surface area (Å²) in [5.74, 6) is 0.292. The van der Waals surface area contributed by atoms with Gasteiger partial charge in [-0.25, -0.2) is 0 Å². The Labute approximate surface area is 163 Å². The number of amides is 2. The summed E-state index contributed by atoms with van der Waals surface area (Å²) in [6.07, 6.45) is 6.28. The Hall–Kier alpha value is -2.04. The lowest BCUT2D eigenvalue weighted by Gasteiger charge is -2.37. The molecular weight excluding hydrogens is 338 g/mol. The van der Waals surface area contributed by atoms with Crippen molar-refractivity contribution >= 4 is 17.5 Å². The zero-order chi connectivity index (χ0) is 19.2. The van der Waals surface area contributed by atoms with Gasteiger partial charge in [0.25, 0.3) is 0 Å². The van der Waals surface area contributed by atoms with Crippen LogP contribution in [0.5, 0.6) is 0 Å². The van der Waals surface area contributed by atoms with E-state index in [1.165, 1.54) is 30.5 Å². The van der Waals surface area contributed by atoms with E-state index in [2.05, 4.69) is 36.1 Å². The third-order valence-electron chi connectivity index (χ3n) is 5.99. The molecule has 0 unspecified atom stereocenters. The van der Waals surface area contributed by atoms with Gasteiger partial charge in [-0.05, 0) is 37.5 Å². The molecule has 1 saturated carbocycles. The maximum Gasteiger partial charge on any atom is 0.224 e. The Morgan fingerprint density at radius 3 is 2.41 bits per heavy atom. The third kappa shape index (κ3) is 5.24. The van der Waals surface area contributed by atoms with Gasteiger partial charge in [-0.3, -0.25) is 9.59 Å². The minimum Gasteiger partial charge on any atom is -0.368 e. The van der Waals surface area contributed by atoms with Crippen molar-refractivity contribution in [3.05, 3.63) is 29.8 Å². The summed E-state index contributed by atoms with van der Waals surface area (Å²) in [5.41, 5.74) is 2.50. The number of benzene rings is 1. The van der Waals surface area contributed by atoms with Crippen LogP contribution >= 0.6 is 0 Å². The SMILES string of the molecule is CC(=O)N(CCC(=O)N1CCN(c2cccc(C)c2)CC1)C1CCCCC1. The number of aryl methyl sites for hydroxylation is 1. The summed E-state index contributed by atoms with van der Waals surface area (Å²) in [7, 11) is 0. The van der Waals surface area contributed by atoms with Crippen molar-refractivity contribution in [1.82, 2.24) is 9.80 Å². The van der Waals surface area contributed by atoms with Crippen molar-refractivity contribution in [3.63, 3.8) is 0 Å². The highest BCUT2D eigenvalue weighted by Crippen LogP contribution is 2.23. The Balaban J connectivity index is 1.48. The van der Waals surface area contributed by atoms with Crippen molar-refractivity contribution in [1.29, 1.82) is 0 Å².